The van der Waals surface area contributed by atoms with Gasteiger partial charge in [-0.15, -0.1) is 0 Å². The number of anilines is 1. The van der Waals surface area contributed by atoms with Gasteiger partial charge in [0.05, 0.1) is 13.2 Å². The number of hydrogen-bond acceptors (Lipinski definition) is 3. The van der Waals surface area contributed by atoms with E-state index in [-0.39, 0.29) is 6.10 Å². The SMILES string of the molecule is COc1ccc(N2C(=S)c3ccccc3C2F)cc1OC1CCCC1. The highest BCUT2D eigenvalue weighted by Gasteiger charge is 2.35. The van der Waals surface area contributed by atoms with Gasteiger partial charge in [0.2, 0.25) is 6.30 Å². The molecule has 0 amide bonds. The number of hydrogen-bond donors (Lipinski definition) is 0. The second-order valence-corrected chi connectivity index (χ2v) is 6.84. The summed E-state index contributed by atoms with van der Waals surface area (Å²) in [5.74, 6) is 1.31. The molecule has 0 aromatic heterocycles. The number of benzene rings is 2. The van der Waals surface area contributed by atoms with Crippen molar-refractivity contribution in [1.82, 2.24) is 0 Å². The van der Waals surface area contributed by atoms with Crippen molar-refractivity contribution in [2.75, 3.05) is 12.0 Å². The smallest absolute Gasteiger partial charge is 0.203 e. The van der Waals surface area contributed by atoms with E-state index in [9.17, 15) is 0 Å². The number of thiocarbonyl (C=S) groups is 1. The maximum Gasteiger partial charge on any atom is 0.203 e. The number of halogens is 1. The van der Waals surface area contributed by atoms with E-state index in [1.54, 1.807) is 18.1 Å². The van der Waals surface area contributed by atoms with Gasteiger partial charge in [-0.2, -0.15) is 0 Å². The zero-order valence-electron chi connectivity index (χ0n) is 14.1. The molecular formula is C20H20FNO2S. The minimum absolute atomic E-state index is 0.202. The Bertz CT molecular complexity index is 804. The van der Waals surface area contributed by atoms with Crippen LogP contribution >= 0.6 is 12.2 Å². The molecule has 130 valence electrons. The molecule has 3 nitrogen and oxygen atoms in total. The summed E-state index contributed by atoms with van der Waals surface area (Å²) in [5, 5.41) is 0. The molecule has 0 spiro atoms. The maximum atomic E-state index is 15.0. The minimum Gasteiger partial charge on any atom is -0.493 e. The number of ether oxygens (including phenoxy) is 2. The zero-order chi connectivity index (χ0) is 17.4. The molecule has 1 atom stereocenters. The molecule has 2 aromatic carbocycles. The molecule has 1 heterocycles. The summed E-state index contributed by atoms with van der Waals surface area (Å²) in [5.41, 5.74) is 2.07. The topological polar surface area (TPSA) is 21.7 Å². The van der Waals surface area contributed by atoms with Gasteiger partial charge in [-0.25, -0.2) is 4.39 Å². The van der Waals surface area contributed by atoms with Crippen LogP contribution in [0.2, 0.25) is 0 Å². The first-order chi connectivity index (χ1) is 12.2. The van der Waals surface area contributed by atoms with Gasteiger partial charge in [0.15, 0.2) is 11.5 Å². The van der Waals surface area contributed by atoms with E-state index in [4.69, 9.17) is 21.7 Å². The van der Waals surface area contributed by atoms with Gasteiger partial charge in [-0.3, -0.25) is 4.90 Å². The number of alkyl halides is 1. The van der Waals surface area contributed by atoms with Crippen molar-refractivity contribution in [3.63, 3.8) is 0 Å². The molecule has 4 rings (SSSR count). The van der Waals surface area contributed by atoms with Crippen LogP contribution in [-0.4, -0.2) is 18.2 Å². The average Bonchev–Trinajstić information content (AvgIpc) is 3.23. The van der Waals surface area contributed by atoms with Crippen LogP contribution in [-0.2, 0) is 0 Å². The Morgan fingerprint density at radius 3 is 2.56 bits per heavy atom. The first-order valence-electron chi connectivity index (χ1n) is 8.60. The van der Waals surface area contributed by atoms with Gasteiger partial charge >= 0.3 is 0 Å². The van der Waals surface area contributed by atoms with E-state index in [1.807, 2.05) is 36.4 Å². The molecule has 0 N–H and O–H groups in total. The lowest BCUT2D eigenvalue weighted by Gasteiger charge is -2.23. The summed E-state index contributed by atoms with van der Waals surface area (Å²) in [6, 6.07) is 12.8. The van der Waals surface area contributed by atoms with Crippen molar-refractivity contribution in [3.8, 4) is 11.5 Å². The molecule has 0 saturated heterocycles. The third-order valence-corrected chi connectivity index (χ3v) is 5.33. The maximum absolute atomic E-state index is 15.0. The fourth-order valence-corrected chi connectivity index (χ4v) is 4.00. The third kappa shape index (κ3) is 2.86. The Kier molecular flexibility index (Phi) is 4.34. The molecule has 1 fully saturated rings. The fraction of sp³-hybridized carbons (Fsp3) is 0.350. The summed E-state index contributed by atoms with van der Waals surface area (Å²) in [7, 11) is 1.62. The van der Waals surface area contributed by atoms with Crippen molar-refractivity contribution in [1.29, 1.82) is 0 Å². The van der Waals surface area contributed by atoms with Gasteiger partial charge in [-0.05, 0) is 37.8 Å². The standard InChI is InChI=1S/C20H20FNO2S/c1-23-17-11-10-13(12-18(17)24-14-6-2-3-7-14)22-19(21)15-8-4-5-9-16(15)20(22)25/h4-5,8-12,14,19H,2-3,6-7H2,1H3. The fourth-order valence-electron chi connectivity index (χ4n) is 3.61. The predicted molar refractivity (Wildman–Crippen MR) is 100 cm³/mol. The van der Waals surface area contributed by atoms with Gasteiger partial charge < -0.3 is 9.47 Å². The van der Waals surface area contributed by atoms with Crippen LogP contribution in [0.4, 0.5) is 10.1 Å². The number of nitrogens with zero attached hydrogens (tertiary/aromatic N) is 1. The lowest BCUT2D eigenvalue weighted by molar-refractivity contribution is 0.201. The Morgan fingerprint density at radius 1 is 1.08 bits per heavy atom. The van der Waals surface area contributed by atoms with Crippen molar-refractivity contribution in [2.45, 2.75) is 38.1 Å². The molecule has 0 bridgehead atoms. The van der Waals surface area contributed by atoms with Crippen LogP contribution < -0.4 is 14.4 Å². The number of rotatable bonds is 4. The van der Waals surface area contributed by atoms with Gasteiger partial charge in [-0.1, -0.05) is 36.5 Å². The molecule has 1 aliphatic carbocycles. The third-order valence-electron chi connectivity index (χ3n) is 4.91. The molecular weight excluding hydrogens is 337 g/mol. The molecule has 0 radical (unpaired) electrons. The normalized spacial score (nSPS) is 20.0. The number of methoxy groups -OCH3 is 1. The molecule has 2 aliphatic rings. The van der Waals surface area contributed by atoms with Crippen LogP contribution in [0.25, 0.3) is 0 Å². The molecule has 1 aliphatic heterocycles. The zero-order valence-corrected chi connectivity index (χ0v) is 14.9. The van der Waals surface area contributed by atoms with Crippen LogP contribution in [0.5, 0.6) is 11.5 Å². The first kappa shape index (κ1) is 16.3. The summed E-state index contributed by atoms with van der Waals surface area (Å²) < 4.78 is 26.5. The van der Waals surface area contributed by atoms with Crippen LogP contribution in [0, 0.1) is 0 Å². The van der Waals surface area contributed by atoms with Gasteiger partial charge in [0, 0.05) is 22.9 Å². The van der Waals surface area contributed by atoms with E-state index in [2.05, 4.69) is 0 Å². The summed E-state index contributed by atoms with van der Waals surface area (Å²) in [6.45, 7) is 0. The Balaban J connectivity index is 1.68. The Labute approximate surface area is 152 Å². The van der Waals surface area contributed by atoms with Gasteiger partial charge in [0.25, 0.3) is 0 Å². The quantitative estimate of drug-likeness (QED) is 0.555. The average molecular weight is 357 g/mol. The van der Waals surface area contributed by atoms with E-state index < -0.39 is 6.30 Å². The second kappa shape index (κ2) is 6.64. The van der Waals surface area contributed by atoms with Crippen LogP contribution in [0.3, 0.4) is 0 Å². The summed E-state index contributed by atoms with van der Waals surface area (Å²) in [6.07, 6.45) is 3.39. The second-order valence-electron chi connectivity index (χ2n) is 6.46. The highest BCUT2D eigenvalue weighted by atomic mass is 32.1. The van der Waals surface area contributed by atoms with Crippen LogP contribution in [0.1, 0.15) is 43.1 Å². The van der Waals surface area contributed by atoms with Crippen molar-refractivity contribution < 1.29 is 13.9 Å². The summed E-state index contributed by atoms with van der Waals surface area (Å²) >= 11 is 5.52. The monoisotopic (exact) mass is 357 g/mol. The molecule has 25 heavy (non-hydrogen) atoms. The molecule has 1 unspecified atom stereocenters. The first-order valence-corrected chi connectivity index (χ1v) is 9.01. The molecule has 5 heteroatoms. The lowest BCUT2D eigenvalue weighted by atomic mass is 10.1. The predicted octanol–water partition coefficient (Wildman–Crippen LogP) is 5.18. The van der Waals surface area contributed by atoms with Crippen LogP contribution in [0.15, 0.2) is 42.5 Å². The largest absolute Gasteiger partial charge is 0.493 e. The number of fused-ring (bicyclic) bond motifs is 1. The van der Waals surface area contributed by atoms with Crippen molar-refractivity contribution >= 4 is 22.9 Å². The Morgan fingerprint density at radius 2 is 1.84 bits per heavy atom. The van der Waals surface area contributed by atoms with E-state index in [0.29, 0.717) is 27.7 Å². The van der Waals surface area contributed by atoms with Crippen molar-refractivity contribution in [2.24, 2.45) is 0 Å². The van der Waals surface area contributed by atoms with Gasteiger partial charge in [0.1, 0.15) is 4.99 Å². The lowest BCUT2D eigenvalue weighted by Crippen LogP contribution is -2.24. The van der Waals surface area contributed by atoms with E-state index in [1.165, 1.54) is 12.8 Å². The molecule has 2 aromatic rings. The summed E-state index contributed by atoms with van der Waals surface area (Å²) in [4.78, 5) is 2.04. The molecule has 1 saturated carbocycles. The van der Waals surface area contributed by atoms with E-state index in [0.717, 1.165) is 18.4 Å². The Hall–Kier alpha value is -2.14. The van der Waals surface area contributed by atoms with Crippen molar-refractivity contribution in [3.05, 3.63) is 53.6 Å². The highest BCUT2D eigenvalue weighted by Crippen LogP contribution is 2.42. The van der Waals surface area contributed by atoms with E-state index >= 15 is 4.39 Å². The minimum atomic E-state index is -1.28. The highest BCUT2D eigenvalue weighted by molar-refractivity contribution is 7.81.